The Balaban J connectivity index is 1.07. The van der Waals surface area contributed by atoms with Crippen LogP contribution in [0.15, 0.2) is 238 Å². The summed E-state index contributed by atoms with van der Waals surface area (Å²) in [5.74, 6) is 0. The van der Waals surface area contributed by atoms with Crippen LogP contribution in [0.1, 0.15) is 5.56 Å². The Morgan fingerprint density at radius 1 is 0.456 bits per heavy atom. The first-order valence-electron chi connectivity index (χ1n) is 23.4. The average molecular weight is 936 g/mol. The molecule has 0 saturated heterocycles. The minimum Gasteiger partial charge on any atom is -0.311 e. The smallest absolute Gasteiger partial charge is 0.247 e. The Morgan fingerprint density at radius 3 is 1.96 bits per heavy atom. The second-order valence-electron chi connectivity index (χ2n) is 18.5. The molecule has 0 aliphatic carbocycles. The summed E-state index contributed by atoms with van der Waals surface area (Å²) in [6, 6.07) is 83.1. The van der Waals surface area contributed by atoms with E-state index in [1.807, 2.05) is 34.9 Å². The van der Waals surface area contributed by atoms with Crippen LogP contribution >= 0.6 is 34.9 Å². The Hall–Kier alpha value is -6.80. The van der Waals surface area contributed by atoms with Gasteiger partial charge in [-0.15, -0.1) is 11.3 Å². The van der Waals surface area contributed by atoms with Gasteiger partial charge in [0.25, 0.3) is 0 Å². The van der Waals surface area contributed by atoms with Crippen molar-refractivity contribution in [2.75, 3.05) is 4.90 Å². The summed E-state index contributed by atoms with van der Waals surface area (Å²) in [6.07, 6.45) is 0. The minimum absolute atomic E-state index is 0.150. The van der Waals surface area contributed by atoms with Crippen molar-refractivity contribution < 1.29 is 0 Å². The van der Waals surface area contributed by atoms with E-state index in [2.05, 4.69) is 237 Å². The van der Waals surface area contributed by atoms with Gasteiger partial charge < -0.3 is 4.90 Å². The number of nitrogens with zero attached hydrogens (tertiary/aromatic N) is 1. The number of aryl methyl sites for hydroxylation is 1. The van der Waals surface area contributed by atoms with Crippen molar-refractivity contribution in [1.29, 1.82) is 0 Å². The third-order valence-corrected chi connectivity index (χ3v) is 22.8. The molecule has 6 heteroatoms. The van der Waals surface area contributed by atoms with Gasteiger partial charge in [-0.05, 0) is 128 Å². The van der Waals surface area contributed by atoms with Gasteiger partial charge in [0.2, 0.25) is 6.71 Å². The molecule has 320 valence electrons. The predicted octanol–water partition coefficient (Wildman–Crippen LogP) is 13.7. The molecule has 3 aliphatic rings. The zero-order valence-electron chi connectivity index (χ0n) is 37.5. The summed E-state index contributed by atoms with van der Waals surface area (Å²) in [5.41, 5.74) is 16.8. The summed E-state index contributed by atoms with van der Waals surface area (Å²) in [6.45, 7) is 5.07. The number of rotatable bonds is 5. The van der Waals surface area contributed by atoms with Gasteiger partial charge in [0.05, 0.1) is 0 Å². The molecule has 1 unspecified atom stereocenters. The molecule has 0 bridgehead atoms. The summed E-state index contributed by atoms with van der Waals surface area (Å²) in [4.78, 5) is 8.05. The molecule has 0 amide bonds. The monoisotopic (exact) mass is 935 g/mol. The molecule has 0 fully saturated rings. The third kappa shape index (κ3) is 6.04. The summed E-state index contributed by atoms with van der Waals surface area (Å²) in [5, 5.41) is 6.93. The van der Waals surface area contributed by atoms with E-state index in [1.165, 1.54) is 128 Å². The van der Waals surface area contributed by atoms with Crippen LogP contribution in [0, 0.1) is 6.92 Å². The maximum Gasteiger partial charge on any atom is 0.247 e. The lowest BCUT2D eigenvalue weighted by Gasteiger charge is -2.45. The number of thiophene rings is 1. The Morgan fingerprint density at radius 2 is 1.12 bits per heavy atom. The highest BCUT2D eigenvalue weighted by Crippen LogP contribution is 2.47. The maximum absolute atomic E-state index is 2.88. The van der Waals surface area contributed by atoms with Gasteiger partial charge in [-0.3, -0.25) is 0 Å². The van der Waals surface area contributed by atoms with E-state index in [-0.39, 0.29) is 6.71 Å². The predicted molar refractivity (Wildman–Crippen MR) is 298 cm³/mol. The highest BCUT2D eigenvalue weighted by Gasteiger charge is 2.47. The van der Waals surface area contributed by atoms with E-state index in [0.29, 0.717) is 0 Å². The average Bonchev–Trinajstić information content (AvgIpc) is 3.77. The number of hydrogen-bond acceptors (Lipinski definition) is 4. The van der Waals surface area contributed by atoms with Crippen molar-refractivity contribution in [2.24, 2.45) is 0 Å². The molecule has 1 atom stereocenters. The van der Waals surface area contributed by atoms with E-state index in [4.69, 9.17) is 0 Å². The van der Waals surface area contributed by atoms with Crippen molar-refractivity contribution in [1.82, 2.24) is 0 Å². The van der Waals surface area contributed by atoms with Crippen LogP contribution in [0.25, 0.3) is 53.6 Å². The van der Waals surface area contributed by atoms with Crippen LogP contribution in [-0.2, 0) is 0 Å². The molecule has 11 aromatic rings. The number of fused-ring (bicyclic) bond motifs is 9. The number of hydrogen-bond donors (Lipinski definition) is 0. The molecule has 1 nitrogen and oxygen atoms in total. The zero-order valence-corrected chi connectivity index (χ0v) is 41.0. The molecule has 0 radical (unpaired) electrons. The van der Waals surface area contributed by atoms with E-state index >= 15 is 0 Å². The second kappa shape index (κ2) is 15.6. The molecule has 0 spiro atoms. The third-order valence-electron chi connectivity index (χ3n) is 14.8. The second-order valence-corrected chi connectivity index (χ2v) is 25.6. The summed E-state index contributed by atoms with van der Waals surface area (Å²) >= 11 is 5.74. The molecule has 0 N–H and O–H groups in total. The standard InChI is InChI=1S/C62H42BNS3Si/c1-39-16-9-10-21-45(39)60-46(40-17-5-3-6-18-40)32-34-52-62(60)68(2,44-19-7-4-8-20-44)59-37-42(41-28-31-48-47-22-11-13-24-53(47)65-58(48)36-41)29-33-51(59)64(52)43-30-35-55-50(38-43)63-49-23-12-14-25-54(49)66-56-26-15-27-57(67-55)61(56)63/h3-38H,1-2H3. The maximum atomic E-state index is 2.63. The fourth-order valence-corrected chi connectivity index (χ4v) is 19.5. The topological polar surface area (TPSA) is 3.24 Å². The van der Waals surface area contributed by atoms with Gasteiger partial charge in [0.1, 0.15) is 0 Å². The van der Waals surface area contributed by atoms with Crippen molar-refractivity contribution in [2.45, 2.75) is 33.1 Å². The van der Waals surface area contributed by atoms with Gasteiger partial charge in [-0.2, -0.15) is 0 Å². The fourth-order valence-electron chi connectivity index (χ4n) is 11.6. The highest BCUT2D eigenvalue weighted by atomic mass is 32.2. The van der Waals surface area contributed by atoms with Crippen LogP contribution in [0.2, 0.25) is 6.55 Å². The quantitative estimate of drug-likeness (QED) is 0.158. The molecule has 14 rings (SSSR count). The van der Waals surface area contributed by atoms with Crippen LogP contribution in [-0.4, -0.2) is 14.8 Å². The lowest BCUT2D eigenvalue weighted by atomic mass is 9.36. The number of anilines is 3. The molecular formula is C62H42BNS3Si. The molecule has 3 aliphatic heterocycles. The fraction of sp³-hybridized carbons (Fsp3) is 0.0323. The highest BCUT2D eigenvalue weighted by molar-refractivity contribution is 8.01. The molecular weight excluding hydrogens is 894 g/mol. The van der Waals surface area contributed by atoms with Crippen LogP contribution in [0.4, 0.5) is 17.1 Å². The van der Waals surface area contributed by atoms with Gasteiger partial charge >= 0.3 is 0 Å². The first kappa shape index (κ1) is 40.3. The van der Waals surface area contributed by atoms with E-state index in [1.54, 1.807) is 0 Å². The van der Waals surface area contributed by atoms with Crippen molar-refractivity contribution in [3.8, 4) is 33.4 Å². The Kier molecular flexibility index (Phi) is 9.26. The summed E-state index contributed by atoms with van der Waals surface area (Å²) < 4.78 is 2.66. The zero-order chi connectivity index (χ0) is 45.1. The van der Waals surface area contributed by atoms with E-state index in [9.17, 15) is 0 Å². The minimum atomic E-state index is -2.88. The SMILES string of the molecule is Cc1ccccc1-c1c(-c2ccccc2)ccc2c1[Si](C)(c1ccccc1)c1cc(-c3ccc4c(c3)sc3ccccc34)ccc1N2c1ccc2c(c1)B1c3ccccc3Sc3cccc(c31)S2. The molecule has 10 aromatic carbocycles. The molecule has 4 heterocycles. The normalized spacial score (nSPS) is 15.4. The molecule has 1 aromatic heterocycles. The van der Waals surface area contributed by atoms with Gasteiger partial charge in [0, 0.05) is 56.8 Å². The van der Waals surface area contributed by atoms with Gasteiger partial charge in [-0.25, -0.2) is 0 Å². The van der Waals surface area contributed by atoms with E-state index in [0.717, 1.165) is 0 Å². The van der Waals surface area contributed by atoms with Crippen molar-refractivity contribution >= 4 is 119 Å². The lowest BCUT2D eigenvalue weighted by molar-refractivity contribution is 1.27. The molecule has 0 saturated carbocycles. The first-order chi connectivity index (χ1) is 33.5. The van der Waals surface area contributed by atoms with Gasteiger partial charge in [-0.1, -0.05) is 199 Å². The van der Waals surface area contributed by atoms with Crippen LogP contribution < -0.4 is 36.8 Å². The Bertz CT molecular complexity index is 3850. The summed E-state index contributed by atoms with van der Waals surface area (Å²) in [7, 11) is -2.88. The lowest BCUT2D eigenvalue weighted by Crippen LogP contribution is -2.69. The first-order valence-corrected chi connectivity index (χ1v) is 28.4. The van der Waals surface area contributed by atoms with Crippen LogP contribution in [0.5, 0.6) is 0 Å². The van der Waals surface area contributed by atoms with E-state index < -0.39 is 8.07 Å². The van der Waals surface area contributed by atoms with Crippen molar-refractivity contribution in [3.05, 3.63) is 224 Å². The van der Waals surface area contributed by atoms with Crippen LogP contribution in [0.3, 0.4) is 0 Å². The Labute approximate surface area is 411 Å². The van der Waals surface area contributed by atoms with Gasteiger partial charge in [0.15, 0.2) is 8.07 Å². The van der Waals surface area contributed by atoms with Crippen molar-refractivity contribution in [3.63, 3.8) is 0 Å². The number of benzene rings is 10. The molecule has 68 heavy (non-hydrogen) atoms. The largest absolute Gasteiger partial charge is 0.311 e.